The van der Waals surface area contributed by atoms with Crippen LogP contribution in [0.2, 0.25) is 0 Å². The van der Waals surface area contributed by atoms with Gasteiger partial charge in [0.25, 0.3) is 5.56 Å². The van der Waals surface area contributed by atoms with Gasteiger partial charge < -0.3 is 0 Å². The Kier molecular flexibility index (Phi) is 4.96. The molecule has 20 heavy (non-hydrogen) atoms. The number of aromatic amines is 1. The number of benzene rings is 1. The van der Waals surface area contributed by atoms with Crippen molar-refractivity contribution >= 4 is 23.9 Å². The molecular weight excluding hydrogens is 268 g/mol. The van der Waals surface area contributed by atoms with Gasteiger partial charge in [-0.1, -0.05) is 30.4 Å². The second-order valence-electron chi connectivity index (χ2n) is 4.27. The lowest BCUT2D eigenvalue weighted by molar-refractivity contribution is 0.961. The molecule has 4 heteroatoms. The molecular formula is C16H16N2OS. The zero-order valence-electron chi connectivity index (χ0n) is 11.3. The normalized spacial score (nSPS) is 10.8. The summed E-state index contributed by atoms with van der Waals surface area (Å²) in [6, 6.07) is 9.71. The smallest absolute Gasteiger partial charge is 0.264 e. The minimum atomic E-state index is -0.179. The minimum Gasteiger partial charge on any atom is -0.268 e. The van der Waals surface area contributed by atoms with E-state index in [1.165, 1.54) is 4.90 Å². The van der Waals surface area contributed by atoms with E-state index in [1.54, 1.807) is 17.8 Å². The number of aryl methyl sites for hydroxylation is 1. The molecule has 0 spiro atoms. The molecule has 1 aromatic heterocycles. The molecule has 0 bridgehead atoms. The lowest BCUT2D eigenvalue weighted by atomic mass is 10.1. The minimum absolute atomic E-state index is 0.179. The van der Waals surface area contributed by atoms with E-state index in [2.05, 4.69) is 28.9 Å². The molecule has 1 N–H and O–H groups in total. The summed E-state index contributed by atoms with van der Waals surface area (Å²) < 4.78 is 0. The fourth-order valence-electron chi connectivity index (χ4n) is 1.74. The first-order valence-electron chi connectivity index (χ1n) is 6.28. The predicted molar refractivity (Wildman–Crippen MR) is 85.9 cm³/mol. The third kappa shape index (κ3) is 3.71. The highest BCUT2D eigenvalue weighted by atomic mass is 32.2. The van der Waals surface area contributed by atoms with E-state index >= 15 is 0 Å². The average Bonchev–Trinajstić information content (AvgIpc) is 2.45. The Labute approximate surface area is 122 Å². The molecule has 0 atom stereocenters. The van der Waals surface area contributed by atoms with Crippen LogP contribution in [0.1, 0.15) is 16.8 Å². The summed E-state index contributed by atoms with van der Waals surface area (Å²) in [6.45, 7) is 5.61. The molecule has 0 radical (unpaired) electrons. The fraction of sp³-hybridized carbons (Fsp3) is 0.125. The SMILES string of the molecule is C=CCSc1ccccc1C=Cc1n[nH]c(=O)cc1C. The molecule has 0 fully saturated rings. The second-order valence-corrected chi connectivity index (χ2v) is 5.33. The molecule has 1 heterocycles. The molecule has 3 nitrogen and oxygen atoms in total. The van der Waals surface area contributed by atoms with Crippen molar-refractivity contribution in [3.8, 4) is 0 Å². The quantitative estimate of drug-likeness (QED) is 0.675. The van der Waals surface area contributed by atoms with E-state index in [4.69, 9.17) is 0 Å². The third-order valence-electron chi connectivity index (χ3n) is 2.73. The van der Waals surface area contributed by atoms with Crippen LogP contribution in [-0.2, 0) is 0 Å². The van der Waals surface area contributed by atoms with Crippen LogP contribution in [-0.4, -0.2) is 16.0 Å². The summed E-state index contributed by atoms with van der Waals surface area (Å²) in [6.07, 6.45) is 5.82. The molecule has 0 saturated heterocycles. The van der Waals surface area contributed by atoms with E-state index in [0.717, 1.165) is 22.6 Å². The Morgan fingerprint density at radius 1 is 1.35 bits per heavy atom. The second kappa shape index (κ2) is 6.91. The van der Waals surface area contributed by atoms with Gasteiger partial charge in [-0.25, -0.2) is 5.10 Å². The van der Waals surface area contributed by atoms with Crippen LogP contribution in [0.25, 0.3) is 12.2 Å². The fourth-order valence-corrected chi connectivity index (χ4v) is 2.52. The Hall–Kier alpha value is -2.07. The topological polar surface area (TPSA) is 45.8 Å². The van der Waals surface area contributed by atoms with Crippen molar-refractivity contribution in [2.45, 2.75) is 11.8 Å². The maximum absolute atomic E-state index is 11.1. The van der Waals surface area contributed by atoms with Gasteiger partial charge in [0, 0.05) is 16.7 Å². The number of nitrogens with one attached hydrogen (secondary N) is 1. The predicted octanol–water partition coefficient (Wildman–Crippen LogP) is 3.53. The largest absolute Gasteiger partial charge is 0.268 e. The molecule has 2 rings (SSSR count). The summed E-state index contributed by atoms with van der Waals surface area (Å²) in [5.41, 5.74) is 2.59. The van der Waals surface area contributed by atoms with Gasteiger partial charge in [0.2, 0.25) is 0 Å². The Morgan fingerprint density at radius 3 is 2.90 bits per heavy atom. The summed E-state index contributed by atoms with van der Waals surface area (Å²) in [5.74, 6) is 0.876. The highest BCUT2D eigenvalue weighted by molar-refractivity contribution is 7.99. The van der Waals surface area contributed by atoms with E-state index in [0.29, 0.717) is 0 Å². The van der Waals surface area contributed by atoms with Crippen LogP contribution < -0.4 is 5.56 Å². The number of hydrogen-bond donors (Lipinski definition) is 1. The molecule has 0 amide bonds. The number of thioether (sulfide) groups is 1. The first kappa shape index (κ1) is 14.3. The van der Waals surface area contributed by atoms with Crippen molar-refractivity contribution in [1.82, 2.24) is 10.2 Å². The zero-order valence-corrected chi connectivity index (χ0v) is 12.1. The molecule has 0 aliphatic carbocycles. The van der Waals surface area contributed by atoms with Crippen molar-refractivity contribution in [2.24, 2.45) is 0 Å². The van der Waals surface area contributed by atoms with Gasteiger partial charge in [-0.15, -0.1) is 18.3 Å². The first-order valence-corrected chi connectivity index (χ1v) is 7.26. The van der Waals surface area contributed by atoms with E-state index in [-0.39, 0.29) is 5.56 Å². The maximum Gasteiger partial charge on any atom is 0.264 e. The number of hydrogen-bond acceptors (Lipinski definition) is 3. The van der Waals surface area contributed by atoms with Crippen LogP contribution in [0, 0.1) is 6.92 Å². The molecule has 1 aromatic carbocycles. The van der Waals surface area contributed by atoms with Crippen LogP contribution >= 0.6 is 11.8 Å². The summed E-state index contributed by atoms with van der Waals surface area (Å²) in [5, 5.41) is 6.49. The molecule has 0 unspecified atom stereocenters. The summed E-state index contributed by atoms with van der Waals surface area (Å²) in [4.78, 5) is 12.3. The first-order chi connectivity index (χ1) is 9.70. The number of H-pyrrole nitrogens is 1. The standard InChI is InChI=1S/C16H16N2OS/c1-3-10-20-15-7-5-4-6-13(15)8-9-14-12(2)11-16(19)18-17-14/h3-9,11H,1,10H2,2H3,(H,18,19). The summed E-state index contributed by atoms with van der Waals surface area (Å²) >= 11 is 1.74. The Bertz CT molecular complexity index is 689. The zero-order chi connectivity index (χ0) is 14.4. The van der Waals surface area contributed by atoms with Gasteiger partial charge in [-0.2, -0.15) is 5.10 Å². The van der Waals surface area contributed by atoms with Crippen molar-refractivity contribution < 1.29 is 0 Å². The van der Waals surface area contributed by atoms with Crippen molar-refractivity contribution in [3.63, 3.8) is 0 Å². The van der Waals surface area contributed by atoms with Crippen LogP contribution in [0.5, 0.6) is 0 Å². The van der Waals surface area contributed by atoms with Crippen molar-refractivity contribution in [3.05, 3.63) is 70.2 Å². The molecule has 102 valence electrons. The van der Waals surface area contributed by atoms with E-state index in [9.17, 15) is 4.79 Å². The Morgan fingerprint density at radius 2 is 2.15 bits per heavy atom. The highest BCUT2D eigenvalue weighted by Gasteiger charge is 2.00. The van der Waals surface area contributed by atoms with E-state index < -0.39 is 0 Å². The summed E-state index contributed by atoms with van der Waals surface area (Å²) in [7, 11) is 0. The van der Waals surface area contributed by atoms with Crippen LogP contribution in [0.3, 0.4) is 0 Å². The van der Waals surface area contributed by atoms with Crippen molar-refractivity contribution in [2.75, 3.05) is 5.75 Å². The molecule has 0 aliphatic rings. The average molecular weight is 284 g/mol. The molecule has 0 aliphatic heterocycles. The molecule has 0 saturated carbocycles. The lowest BCUT2D eigenvalue weighted by Crippen LogP contribution is -2.08. The third-order valence-corrected chi connectivity index (χ3v) is 3.82. The monoisotopic (exact) mass is 284 g/mol. The van der Waals surface area contributed by atoms with Crippen LogP contribution in [0.15, 0.2) is 52.7 Å². The Balaban J connectivity index is 2.26. The highest BCUT2D eigenvalue weighted by Crippen LogP contribution is 2.24. The lowest BCUT2D eigenvalue weighted by Gasteiger charge is -2.04. The molecule has 2 aromatic rings. The van der Waals surface area contributed by atoms with Gasteiger partial charge in [-0.3, -0.25) is 4.79 Å². The number of rotatable bonds is 5. The van der Waals surface area contributed by atoms with Gasteiger partial charge >= 0.3 is 0 Å². The van der Waals surface area contributed by atoms with Crippen molar-refractivity contribution in [1.29, 1.82) is 0 Å². The van der Waals surface area contributed by atoms with Gasteiger partial charge in [0.05, 0.1) is 5.69 Å². The van der Waals surface area contributed by atoms with Crippen LogP contribution in [0.4, 0.5) is 0 Å². The van der Waals surface area contributed by atoms with E-state index in [1.807, 2.05) is 37.3 Å². The number of aromatic nitrogens is 2. The van der Waals surface area contributed by atoms with Gasteiger partial charge in [0.1, 0.15) is 0 Å². The maximum atomic E-state index is 11.1. The van der Waals surface area contributed by atoms with Gasteiger partial charge in [0.15, 0.2) is 0 Å². The van der Waals surface area contributed by atoms with Gasteiger partial charge in [-0.05, 0) is 30.2 Å². The number of nitrogens with zero attached hydrogens (tertiary/aromatic N) is 1.